The highest BCUT2D eigenvalue weighted by Crippen LogP contribution is 2.27. The molecule has 0 saturated heterocycles. The van der Waals surface area contributed by atoms with Gasteiger partial charge in [-0.15, -0.1) is 5.10 Å². The van der Waals surface area contributed by atoms with Crippen LogP contribution in [-0.4, -0.2) is 25.6 Å². The third-order valence-electron chi connectivity index (χ3n) is 3.93. The van der Waals surface area contributed by atoms with Gasteiger partial charge in [0.25, 0.3) is 0 Å². The van der Waals surface area contributed by atoms with Gasteiger partial charge < -0.3 is 5.32 Å². The summed E-state index contributed by atoms with van der Waals surface area (Å²) in [6.45, 7) is 0. The molecule has 0 unspecified atom stereocenters. The zero-order chi connectivity index (χ0) is 14.1. The van der Waals surface area contributed by atoms with Gasteiger partial charge in [-0.3, -0.25) is 4.98 Å². The second kappa shape index (κ2) is 5.44. The van der Waals surface area contributed by atoms with Crippen LogP contribution in [0.1, 0.15) is 32.1 Å². The van der Waals surface area contributed by atoms with E-state index in [0.29, 0.717) is 6.04 Å². The molecule has 1 N–H and O–H groups in total. The summed E-state index contributed by atoms with van der Waals surface area (Å²) in [6, 6.07) is 4.51. The number of hydrogen-bond donors (Lipinski definition) is 1. The Morgan fingerprint density at radius 1 is 1.24 bits per heavy atom. The molecule has 3 aromatic rings. The first-order valence-electron chi connectivity index (χ1n) is 7.42. The maximum Gasteiger partial charge on any atom is 0.214 e. The molecular formula is C15H17N5S. The number of nitrogens with zero attached hydrogens (tertiary/aromatic N) is 4. The molecule has 0 atom stereocenters. The highest BCUT2D eigenvalue weighted by molar-refractivity contribution is 7.20. The summed E-state index contributed by atoms with van der Waals surface area (Å²) in [4.78, 5) is 9.69. The van der Waals surface area contributed by atoms with Gasteiger partial charge in [0, 0.05) is 24.0 Å². The molecular weight excluding hydrogens is 282 g/mol. The van der Waals surface area contributed by atoms with Crippen LogP contribution in [0.3, 0.4) is 0 Å². The van der Waals surface area contributed by atoms with Gasteiger partial charge in [0.1, 0.15) is 0 Å². The Hall–Kier alpha value is -1.95. The highest BCUT2D eigenvalue weighted by atomic mass is 32.1. The van der Waals surface area contributed by atoms with Crippen LogP contribution in [0.15, 0.2) is 30.7 Å². The second-order valence-electron chi connectivity index (χ2n) is 5.48. The fourth-order valence-electron chi connectivity index (χ4n) is 2.83. The number of hydrogen-bond acceptors (Lipinski definition) is 5. The van der Waals surface area contributed by atoms with Crippen LogP contribution in [0.25, 0.3) is 16.2 Å². The lowest BCUT2D eigenvalue weighted by Crippen LogP contribution is -2.22. The van der Waals surface area contributed by atoms with E-state index in [2.05, 4.69) is 20.4 Å². The van der Waals surface area contributed by atoms with Crippen molar-refractivity contribution in [1.29, 1.82) is 0 Å². The van der Waals surface area contributed by atoms with E-state index in [9.17, 15) is 0 Å². The van der Waals surface area contributed by atoms with Crippen molar-refractivity contribution in [2.45, 2.75) is 38.1 Å². The molecule has 0 bridgehead atoms. The van der Waals surface area contributed by atoms with Crippen molar-refractivity contribution in [3.05, 3.63) is 30.7 Å². The topological polar surface area (TPSA) is 55.1 Å². The number of imidazole rings is 1. The number of pyridine rings is 1. The SMILES string of the molecule is c1cncc(-c2cn3nc(NC4CCCCC4)sc3n2)c1. The van der Waals surface area contributed by atoms with Gasteiger partial charge >= 0.3 is 0 Å². The average Bonchev–Trinajstić information content (AvgIpc) is 3.07. The van der Waals surface area contributed by atoms with Gasteiger partial charge in [0.2, 0.25) is 10.1 Å². The molecule has 6 heteroatoms. The van der Waals surface area contributed by atoms with Crippen molar-refractivity contribution < 1.29 is 0 Å². The highest BCUT2D eigenvalue weighted by Gasteiger charge is 2.16. The molecule has 3 aromatic heterocycles. The van der Waals surface area contributed by atoms with Gasteiger partial charge in [-0.25, -0.2) is 9.50 Å². The van der Waals surface area contributed by atoms with E-state index in [1.165, 1.54) is 32.1 Å². The molecule has 21 heavy (non-hydrogen) atoms. The Balaban J connectivity index is 1.56. The van der Waals surface area contributed by atoms with Crippen LogP contribution in [0.5, 0.6) is 0 Å². The van der Waals surface area contributed by atoms with Gasteiger partial charge in [-0.1, -0.05) is 30.6 Å². The summed E-state index contributed by atoms with van der Waals surface area (Å²) < 4.78 is 1.86. The smallest absolute Gasteiger partial charge is 0.214 e. The molecule has 0 amide bonds. The molecule has 1 aliphatic carbocycles. The zero-order valence-electron chi connectivity index (χ0n) is 11.7. The Morgan fingerprint density at radius 2 is 2.14 bits per heavy atom. The predicted octanol–water partition coefficient (Wildman–Crippen LogP) is 3.60. The fourth-order valence-corrected chi connectivity index (χ4v) is 3.69. The summed E-state index contributed by atoms with van der Waals surface area (Å²) in [5.41, 5.74) is 1.95. The normalized spacial score (nSPS) is 16.4. The standard InChI is InChI=1S/C15H17N5S/c1-2-6-12(7-3-1)17-14-19-20-10-13(18-15(20)21-14)11-5-4-8-16-9-11/h4-5,8-10,12H,1-3,6-7H2,(H,17,19). The monoisotopic (exact) mass is 299 g/mol. The van der Waals surface area contributed by atoms with Crippen molar-refractivity contribution in [2.24, 2.45) is 0 Å². The molecule has 0 aromatic carbocycles. The molecule has 3 heterocycles. The van der Waals surface area contributed by atoms with Crippen molar-refractivity contribution >= 4 is 21.4 Å². The first-order valence-corrected chi connectivity index (χ1v) is 8.23. The van der Waals surface area contributed by atoms with E-state index >= 15 is 0 Å². The van der Waals surface area contributed by atoms with Gasteiger partial charge in [0.15, 0.2) is 0 Å². The lowest BCUT2D eigenvalue weighted by molar-refractivity contribution is 0.462. The van der Waals surface area contributed by atoms with E-state index < -0.39 is 0 Å². The van der Waals surface area contributed by atoms with E-state index in [4.69, 9.17) is 0 Å². The Bertz CT molecular complexity index is 695. The van der Waals surface area contributed by atoms with Crippen LogP contribution in [0, 0.1) is 0 Å². The van der Waals surface area contributed by atoms with Gasteiger partial charge in [0.05, 0.1) is 11.9 Å². The minimum atomic E-state index is 0.576. The molecule has 108 valence electrons. The molecule has 0 spiro atoms. The van der Waals surface area contributed by atoms with E-state index in [-0.39, 0.29) is 0 Å². The quantitative estimate of drug-likeness (QED) is 0.803. The first kappa shape index (κ1) is 12.8. The summed E-state index contributed by atoms with van der Waals surface area (Å²) in [5, 5.41) is 9.12. The average molecular weight is 299 g/mol. The second-order valence-corrected chi connectivity index (χ2v) is 6.44. The van der Waals surface area contributed by atoms with E-state index in [1.54, 1.807) is 17.5 Å². The first-order chi connectivity index (χ1) is 10.4. The number of fused-ring (bicyclic) bond motifs is 1. The largest absolute Gasteiger partial charge is 0.357 e. The molecule has 1 saturated carbocycles. The number of aromatic nitrogens is 4. The molecule has 0 aliphatic heterocycles. The number of anilines is 1. The summed E-state index contributed by atoms with van der Waals surface area (Å²) in [6.07, 6.45) is 12.1. The molecule has 0 radical (unpaired) electrons. The summed E-state index contributed by atoms with van der Waals surface area (Å²) in [7, 11) is 0. The van der Waals surface area contributed by atoms with Crippen molar-refractivity contribution in [3.63, 3.8) is 0 Å². The van der Waals surface area contributed by atoms with Crippen molar-refractivity contribution in [1.82, 2.24) is 19.6 Å². The summed E-state index contributed by atoms with van der Waals surface area (Å²) >= 11 is 1.62. The summed E-state index contributed by atoms with van der Waals surface area (Å²) in [5.74, 6) is 0. The molecule has 5 nitrogen and oxygen atoms in total. The number of nitrogens with one attached hydrogen (secondary N) is 1. The lowest BCUT2D eigenvalue weighted by Gasteiger charge is -2.21. The Labute approximate surface area is 127 Å². The Morgan fingerprint density at radius 3 is 2.90 bits per heavy atom. The van der Waals surface area contributed by atoms with Crippen LogP contribution < -0.4 is 5.32 Å². The van der Waals surface area contributed by atoms with E-state index in [0.717, 1.165) is 21.3 Å². The van der Waals surface area contributed by atoms with Crippen LogP contribution >= 0.6 is 11.3 Å². The van der Waals surface area contributed by atoms with Gasteiger partial charge in [-0.05, 0) is 25.0 Å². The molecule has 4 rings (SSSR count). The fraction of sp³-hybridized carbons (Fsp3) is 0.400. The maximum atomic E-state index is 4.64. The maximum absolute atomic E-state index is 4.64. The molecule has 1 aliphatic rings. The molecule has 1 fully saturated rings. The zero-order valence-corrected chi connectivity index (χ0v) is 12.5. The third kappa shape index (κ3) is 2.63. The van der Waals surface area contributed by atoms with Crippen molar-refractivity contribution in [3.8, 4) is 11.3 Å². The van der Waals surface area contributed by atoms with Crippen LogP contribution in [0.2, 0.25) is 0 Å². The third-order valence-corrected chi connectivity index (χ3v) is 4.79. The predicted molar refractivity (Wildman–Crippen MR) is 84.6 cm³/mol. The minimum absolute atomic E-state index is 0.576. The van der Waals surface area contributed by atoms with Gasteiger partial charge in [-0.2, -0.15) is 0 Å². The lowest BCUT2D eigenvalue weighted by atomic mass is 9.96. The minimum Gasteiger partial charge on any atom is -0.357 e. The van der Waals surface area contributed by atoms with Crippen molar-refractivity contribution in [2.75, 3.05) is 5.32 Å². The van der Waals surface area contributed by atoms with Crippen LogP contribution in [-0.2, 0) is 0 Å². The number of rotatable bonds is 3. The van der Waals surface area contributed by atoms with E-state index in [1.807, 2.05) is 29.0 Å². The Kier molecular flexibility index (Phi) is 3.31. The van der Waals surface area contributed by atoms with Crippen LogP contribution in [0.4, 0.5) is 5.13 Å².